The Hall–Kier alpha value is -3.21. The van der Waals surface area contributed by atoms with Gasteiger partial charge in [-0.05, 0) is 74.5 Å². The minimum Gasteiger partial charge on any atom is -0.321 e. The van der Waals surface area contributed by atoms with E-state index in [9.17, 15) is 13.2 Å². The predicted molar refractivity (Wildman–Crippen MR) is 135 cm³/mol. The lowest BCUT2D eigenvalue weighted by Crippen LogP contribution is -2.17. The van der Waals surface area contributed by atoms with E-state index in [4.69, 9.17) is 11.6 Å². The number of benzene rings is 2. The molecule has 0 saturated carbocycles. The zero-order chi connectivity index (χ0) is 24.5. The summed E-state index contributed by atoms with van der Waals surface area (Å²) in [4.78, 5) is 17.3. The quantitative estimate of drug-likeness (QED) is 0.331. The van der Waals surface area contributed by atoms with E-state index in [0.29, 0.717) is 11.5 Å². The first-order valence-electron chi connectivity index (χ1n) is 10.0. The Morgan fingerprint density at radius 2 is 1.74 bits per heavy atom. The Balaban J connectivity index is 1.57. The van der Waals surface area contributed by atoms with Crippen LogP contribution in [0.5, 0.6) is 0 Å². The summed E-state index contributed by atoms with van der Waals surface area (Å²) >= 11 is 9.54. The van der Waals surface area contributed by atoms with Crippen LogP contribution in [0.3, 0.4) is 0 Å². The van der Waals surface area contributed by atoms with Gasteiger partial charge in [0.1, 0.15) is 5.69 Å². The number of pyridine rings is 1. The van der Waals surface area contributed by atoms with E-state index in [2.05, 4.69) is 36.1 Å². The number of halogens is 2. The molecule has 0 atom stereocenters. The lowest BCUT2D eigenvalue weighted by Gasteiger charge is -2.11. The fourth-order valence-corrected chi connectivity index (χ4v) is 4.79. The van der Waals surface area contributed by atoms with Crippen LogP contribution < -0.4 is 10.0 Å². The number of hydrogen-bond acceptors (Lipinski definition) is 5. The molecule has 11 heteroatoms. The minimum atomic E-state index is -3.87. The van der Waals surface area contributed by atoms with Gasteiger partial charge >= 0.3 is 0 Å². The molecule has 0 spiro atoms. The third kappa shape index (κ3) is 5.30. The van der Waals surface area contributed by atoms with E-state index in [0.717, 1.165) is 15.9 Å². The molecule has 0 unspecified atom stereocenters. The van der Waals surface area contributed by atoms with Crippen molar-refractivity contribution >= 4 is 54.8 Å². The molecule has 174 valence electrons. The Bertz CT molecular complexity index is 1490. The zero-order valence-electron chi connectivity index (χ0n) is 18.1. The molecule has 0 aliphatic heterocycles. The van der Waals surface area contributed by atoms with E-state index < -0.39 is 15.9 Å². The van der Waals surface area contributed by atoms with Crippen LogP contribution in [0.1, 0.15) is 21.9 Å². The summed E-state index contributed by atoms with van der Waals surface area (Å²) in [6.45, 7) is 3.74. The minimum absolute atomic E-state index is 0.00651. The number of amides is 1. The highest BCUT2D eigenvalue weighted by Crippen LogP contribution is 2.23. The molecule has 2 aromatic heterocycles. The normalized spacial score (nSPS) is 11.3. The largest absolute Gasteiger partial charge is 0.321 e. The third-order valence-corrected chi connectivity index (χ3v) is 6.98. The highest BCUT2D eigenvalue weighted by molar-refractivity contribution is 9.10. The maximum absolute atomic E-state index is 12.9. The van der Waals surface area contributed by atoms with Crippen molar-refractivity contribution in [2.24, 2.45) is 0 Å². The molecule has 2 aromatic carbocycles. The Morgan fingerprint density at radius 3 is 2.41 bits per heavy atom. The van der Waals surface area contributed by atoms with Crippen molar-refractivity contribution in [3.8, 4) is 5.82 Å². The van der Waals surface area contributed by atoms with Crippen molar-refractivity contribution in [1.82, 2.24) is 14.8 Å². The van der Waals surface area contributed by atoms with Gasteiger partial charge in [0.25, 0.3) is 15.9 Å². The Labute approximate surface area is 210 Å². The van der Waals surface area contributed by atoms with Gasteiger partial charge in [0, 0.05) is 21.5 Å². The first-order chi connectivity index (χ1) is 16.1. The van der Waals surface area contributed by atoms with Crippen molar-refractivity contribution in [1.29, 1.82) is 0 Å². The molecule has 4 rings (SSSR count). The average molecular weight is 561 g/mol. The van der Waals surface area contributed by atoms with Crippen LogP contribution in [-0.2, 0) is 10.0 Å². The van der Waals surface area contributed by atoms with Crippen LogP contribution in [0.4, 0.5) is 11.4 Å². The van der Waals surface area contributed by atoms with E-state index >= 15 is 0 Å². The number of carbonyl (C=O) groups is 1. The maximum atomic E-state index is 12.9. The standard InChI is InChI=1S/C23H19BrClN5O3S/c1-14-12-15(2)30(28-14)21-11-10-20(25)22(27-21)23(31)26-18-4-3-5-19(13-18)34(32,33)29-17-8-6-16(24)7-9-17/h3-13,29H,1-2H3,(H,26,31). The van der Waals surface area contributed by atoms with Crippen LogP contribution in [-0.4, -0.2) is 29.1 Å². The molecule has 1 amide bonds. The SMILES string of the molecule is Cc1cc(C)n(-c2ccc(Cl)c(C(=O)Nc3cccc(S(=O)(=O)Nc4ccc(Br)cc4)c3)n2)n1. The molecule has 0 fully saturated rings. The second-order valence-corrected chi connectivity index (χ2v) is 10.4. The lowest BCUT2D eigenvalue weighted by atomic mass is 10.3. The number of nitrogens with zero attached hydrogens (tertiary/aromatic N) is 3. The fourth-order valence-electron chi connectivity index (χ4n) is 3.23. The van der Waals surface area contributed by atoms with Crippen LogP contribution in [0.15, 0.2) is 76.1 Å². The number of hydrogen-bond donors (Lipinski definition) is 2. The second kappa shape index (κ2) is 9.57. The van der Waals surface area contributed by atoms with Gasteiger partial charge in [-0.3, -0.25) is 9.52 Å². The fraction of sp³-hybridized carbons (Fsp3) is 0.0870. The van der Waals surface area contributed by atoms with Crippen molar-refractivity contribution in [2.75, 3.05) is 10.0 Å². The predicted octanol–water partition coefficient (Wildman–Crippen LogP) is 5.35. The molecule has 0 radical (unpaired) electrons. The van der Waals surface area contributed by atoms with E-state index in [1.54, 1.807) is 47.1 Å². The number of carbonyl (C=O) groups excluding carboxylic acids is 1. The number of aryl methyl sites for hydroxylation is 2. The molecule has 0 bridgehead atoms. The van der Waals surface area contributed by atoms with E-state index in [-0.39, 0.29) is 21.3 Å². The summed E-state index contributed by atoms with van der Waals surface area (Å²) in [7, 11) is -3.87. The Morgan fingerprint density at radius 1 is 1.00 bits per heavy atom. The van der Waals surface area contributed by atoms with Gasteiger partial charge in [0.2, 0.25) is 0 Å². The van der Waals surface area contributed by atoms with Crippen LogP contribution >= 0.6 is 27.5 Å². The summed E-state index contributed by atoms with van der Waals surface area (Å²) in [6.07, 6.45) is 0. The molecule has 34 heavy (non-hydrogen) atoms. The van der Waals surface area contributed by atoms with Crippen molar-refractivity contribution in [2.45, 2.75) is 18.7 Å². The van der Waals surface area contributed by atoms with Crippen LogP contribution in [0.2, 0.25) is 5.02 Å². The molecule has 8 nitrogen and oxygen atoms in total. The number of aromatic nitrogens is 3. The smallest absolute Gasteiger partial charge is 0.275 e. The monoisotopic (exact) mass is 559 g/mol. The van der Waals surface area contributed by atoms with E-state index in [1.165, 1.54) is 18.2 Å². The van der Waals surface area contributed by atoms with Gasteiger partial charge in [0.05, 0.1) is 15.6 Å². The molecule has 2 heterocycles. The van der Waals surface area contributed by atoms with Gasteiger partial charge < -0.3 is 5.32 Å². The number of anilines is 2. The lowest BCUT2D eigenvalue weighted by molar-refractivity contribution is 0.102. The third-order valence-electron chi connectivity index (χ3n) is 4.77. The summed E-state index contributed by atoms with van der Waals surface area (Å²) < 4.78 is 30.6. The van der Waals surface area contributed by atoms with Gasteiger partial charge in [-0.15, -0.1) is 0 Å². The average Bonchev–Trinajstić information content (AvgIpc) is 3.13. The molecule has 0 aliphatic rings. The highest BCUT2D eigenvalue weighted by Gasteiger charge is 2.18. The molecule has 4 aromatic rings. The molecule has 2 N–H and O–H groups in total. The highest BCUT2D eigenvalue weighted by atomic mass is 79.9. The van der Waals surface area contributed by atoms with Gasteiger partial charge in [-0.25, -0.2) is 18.1 Å². The van der Waals surface area contributed by atoms with Crippen molar-refractivity contribution < 1.29 is 13.2 Å². The maximum Gasteiger partial charge on any atom is 0.275 e. The summed E-state index contributed by atoms with van der Waals surface area (Å²) in [5.41, 5.74) is 2.35. The van der Waals surface area contributed by atoms with Gasteiger partial charge in [-0.2, -0.15) is 5.10 Å². The first kappa shape index (κ1) is 23.9. The van der Waals surface area contributed by atoms with Gasteiger partial charge in [-0.1, -0.05) is 33.6 Å². The molecule has 0 aliphatic carbocycles. The summed E-state index contributed by atoms with van der Waals surface area (Å²) in [6, 6.07) is 17.8. The number of sulfonamides is 1. The number of rotatable bonds is 6. The van der Waals surface area contributed by atoms with Gasteiger partial charge in [0.15, 0.2) is 5.82 Å². The first-order valence-corrected chi connectivity index (χ1v) is 12.7. The zero-order valence-corrected chi connectivity index (χ0v) is 21.2. The Kier molecular flexibility index (Phi) is 6.74. The molecule has 0 saturated heterocycles. The number of nitrogens with one attached hydrogen (secondary N) is 2. The molecular weight excluding hydrogens is 542 g/mol. The summed E-state index contributed by atoms with van der Waals surface area (Å²) in [5.74, 6) is -0.140. The van der Waals surface area contributed by atoms with E-state index in [1.807, 2.05) is 19.9 Å². The summed E-state index contributed by atoms with van der Waals surface area (Å²) in [5, 5.41) is 7.20. The van der Waals surface area contributed by atoms with Crippen LogP contribution in [0.25, 0.3) is 5.82 Å². The molecular formula is C23H19BrClN5O3S. The van der Waals surface area contributed by atoms with Crippen molar-refractivity contribution in [3.05, 3.63) is 93.3 Å². The second-order valence-electron chi connectivity index (χ2n) is 7.43. The van der Waals surface area contributed by atoms with Crippen molar-refractivity contribution in [3.63, 3.8) is 0 Å². The topological polar surface area (TPSA) is 106 Å². The van der Waals surface area contributed by atoms with Crippen LogP contribution in [0, 0.1) is 13.8 Å².